The Labute approximate surface area is 131 Å². The molecule has 1 heterocycles. The van der Waals surface area contributed by atoms with Gasteiger partial charge in [0.25, 0.3) is 5.91 Å². The largest absolute Gasteiger partial charge is 0.355 e. The molecule has 1 unspecified atom stereocenters. The second-order valence-corrected chi connectivity index (χ2v) is 7.16. The van der Waals surface area contributed by atoms with E-state index in [1.165, 1.54) is 0 Å². The van der Waals surface area contributed by atoms with E-state index in [1.807, 2.05) is 49.4 Å². The van der Waals surface area contributed by atoms with Gasteiger partial charge >= 0.3 is 5.56 Å². The molecule has 0 aliphatic carbocycles. The zero-order chi connectivity index (χ0) is 15.9. The number of carbonyl (C=O) groups excluding carboxylic acids is 1. The first kappa shape index (κ1) is 14.5. The van der Waals surface area contributed by atoms with Crippen molar-refractivity contribution >= 4 is 26.7 Å². The second-order valence-electron chi connectivity index (χ2n) is 5.16. The zero-order valence-electron chi connectivity index (χ0n) is 12.7. The molecule has 0 saturated carbocycles. The van der Waals surface area contributed by atoms with Gasteiger partial charge in [0, 0.05) is 19.2 Å². The van der Waals surface area contributed by atoms with Gasteiger partial charge in [-0.05, 0) is 24.6 Å². The smallest absolute Gasteiger partial charge is 0.304 e. The highest BCUT2D eigenvalue weighted by Gasteiger charge is 2.28. The number of aromatic nitrogens is 1. The van der Waals surface area contributed by atoms with Gasteiger partial charge in [-0.3, -0.25) is 9.59 Å². The summed E-state index contributed by atoms with van der Waals surface area (Å²) in [6, 6.07) is 13.4. The molecule has 3 aromatic rings. The molecular formula is C17H17N2O2S+. The fourth-order valence-electron chi connectivity index (χ4n) is 2.60. The summed E-state index contributed by atoms with van der Waals surface area (Å²) in [5.41, 5.74) is 1.65. The second kappa shape index (κ2) is 5.42. The molecule has 2 aromatic carbocycles. The topological polar surface area (TPSA) is 51.1 Å². The van der Waals surface area contributed by atoms with Gasteiger partial charge in [0.2, 0.25) is 9.60 Å². The Kier molecular flexibility index (Phi) is 3.58. The standard InChI is InChI=1S/C17H16N2O2S/c1-11-8-9-15(13(10-11)16(20)18-2)22-14-7-5-4-6-12(14)17(21)19(22)3/h4-10H,1-3H3/p+1. The van der Waals surface area contributed by atoms with E-state index in [4.69, 9.17) is 0 Å². The van der Waals surface area contributed by atoms with Crippen molar-refractivity contribution < 1.29 is 4.79 Å². The molecule has 112 valence electrons. The summed E-state index contributed by atoms with van der Waals surface area (Å²) in [7, 11) is 2.85. The van der Waals surface area contributed by atoms with Gasteiger partial charge in [0.05, 0.1) is 7.05 Å². The molecule has 0 aliphatic rings. The summed E-state index contributed by atoms with van der Waals surface area (Å²) in [5.74, 6) is -0.128. The Morgan fingerprint density at radius 3 is 2.64 bits per heavy atom. The summed E-state index contributed by atoms with van der Waals surface area (Å²) >= 11 is 0. The average Bonchev–Trinajstić information content (AvgIpc) is 2.79. The lowest BCUT2D eigenvalue weighted by molar-refractivity contribution is 0.0964. The van der Waals surface area contributed by atoms with Crippen molar-refractivity contribution in [3.8, 4) is 4.90 Å². The number of fused-ring (bicyclic) bond motifs is 1. The first-order valence-corrected chi connectivity index (χ1v) is 8.17. The number of nitrogens with one attached hydrogen (secondary N) is 1. The quantitative estimate of drug-likeness (QED) is 0.740. The average molecular weight is 313 g/mol. The lowest BCUT2D eigenvalue weighted by Gasteiger charge is -2.04. The summed E-state index contributed by atoms with van der Waals surface area (Å²) in [6.45, 7) is 1.96. The van der Waals surface area contributed by atoms with E-state index in [0.29, 0.717) is 5.56 Å². The van der Waals surface area contributed by atoms with Gasteiger partial charge in [-0.15, -0.1) is 3.96 Å². The van der Waals surface area contributed by atoms with Crippen molar-refractivity contribution in [3.63, 3.8) is 0 Å². The monoisotopic (exact) mass is 313 g/mol. The third kappa shape index (κ3) is 2.14. The van der Waals surface area contributed by atoms with Gasteiger partial charge in [-0.1, -0.05) is 18.2 Å². The van der Waals surface area contributed by atoms with Gasteiger partial charge in [-0.25, -0.2) is 0 Å². The fourth-order valence-corrected chi connectivity index (χ4v) is 4.82. The molecule has 1 aromatic heterocycles. The third-order valence-corrected chi connectivity index (χ3v) is 5.96. The lowest BCUT2D eigenvalue weighted by Crippen LogP contribution is -2.19. The number of amides is 1. The number of hydrogen-bond acceptors (Lipinski definition) is 2. The molecule has 0 fully saturated rings. The maximum atomic E-state index is 12.4. The van der Waals surface area contributed by atoms with E-state index >= 15 is 0 Å². The number of hydrogen-bond donors (Lipinski definition) is 1. The van der Waals surface area contributed by atoms with E-state index in [9.17, 15) is 9.59 Å². The Hall–Kier alpha value is -2.40. The lowest BCUT2D eigenvalue weighted by atomic mass is 10.1. The molecule has 3 rings (SSSR count). The van der Waals surface area contributed by atoms with Crippen LogP contribution in [-0.2, 0) is 7.05 Å². The molecule has 0 saturated heterocycles. The first-order valence-electron chi connectivity index (χ1n) is 6.99. The van der Waals surface area contributed by atoms with Crippen LogP contribution in [0.2, 0.25) is 0 Å². The predicted molar refractivity (Wildman–Crippen MR) is 91.1 cm³/mol. The number of benzene rings is 2. The van der Waals surface area contributed by atoms with E-state index < -0.39 is 10.7 Å². The van der Waals surface area contributed by atoms with Crippen LogP contribution in [-0.4, -0.2) is 16.9 Å². The van der Waals surface area contributed by atoms with Crippen LogP contribution < -0.4 is 10.9 Å². The van der Waals surface area contributed by atoms with Gasteiger partial charge < -0.3 is 5.32 Å². The fraction of sp³-hybridized carbons (Fsp3) is 0.176. The molecule has 5 heteroatoms. The molecule has 4 nitrogen and oxygen atoms in total. The number of carbonyl (C=O) groups is 1. The highest BCUT2D eigenvalue weighted by Crippen LogP contribution is 2.39. The summed E-state index contributed by atoms with van der Waals surface area (Å²) < 4.78 is 2.70. The first-order chi connectivity index (χ1) is 10.5. The van der Waals surface area contributed by atoms with E-state index in [-0.39, 0.29) is 11.5 Å². The van der Waals surface area contributed by atoms with Crippen molar-refractivity contribution in [3.05, 3.63) is 63.9 Å². The van der Waals surface area contributed by atoms with Crippen molar-refractivity contribution in [1.29, 1.82) is 0 Å². The van der Waals surface area contributed by atoms with Gasteiger partial charge in [0.1, 0.15) is 21.6 Å². The molecular weight excluding hydrogens is 296 g/mol. The summed E-state index contributed by atoms with van der Waals surface area (Å²) in [4.78, 5) is 25.5. The van der Waals surface area contributed by atoms with Crippen molar-refractivity contribution in [1.82, 2.24) is 9.27 Å². The van der Waals surface area contributed by atoms with Crippen LogP contribution in [0.5, 0.6) is 0 Å². The van der Waals surface area contributed by atoms with Crippen LogP contribution in [0.15, 0.2) is 47.3 Å². The summed E-state index contributed by atoms with van der Waals surface area (Å²) in [5, 5.41) is 3.40. The minimum absolute atomic E-state index is 0.00219. The van der Waals surface area contributed by atoms with E-state index in [0.717, 1.165) is 20.5 Å². The van der Waals surface area contributed by atoms with Crippen molar-refractivity contribution in [2.24, 2.45) is 7.05 Å². The zero-order valence-corrected chi connectivity index (χ0v) is 13.5. The Bertz CT molecular complexity index is 937. The molecule has 0 bridgehead atoms. The maximum Gasteiger partial charge on any atom is 0.304 e. The third-order valence-electron chi connectivity index (χ3n) is 3.70. The van der Waals surface area contributed by atoms with Crippen LogP contribution in [0.1, 0.15) is 15.9 Å². The Morgan fingerprint density at radius 1 is 1.18 bits per heavy atom. The predicted octanol–water partition coefficient (Wildman–Crippen LogP) is 2.94. The molecule has 1 N–H and O–H groups in total. The van der Waals surface area contributed by atoms with Crippen LogP contribution in [0.3, 0.4) is 0 Å². The molecule has 0 spiro atoms. The van der Waals surface area contributed by atoms with E-state index in [2.05, 4.69) is 5.32 Å². The Balaban J connectivity index is 2.41. The van der Waals surface area contributed by atoms with Crippen LogP contribution in [0.4, 0.5) is 0 Å². The van der Waals surface area contributed by atoms with Crippen LogP contribution in [0, 0.1) is 6.92 Å². The summed E-state index contributed by atoms with van der Waals surface area (Å²) in [6.07, 6.45) is 0. The van der Waals surface area contributed by atoms with Crippen molar-refractivity contribution in [2.45, 2.75) is 6.92 Å². The molecule has 1 amide bonds. The Morgan fingerprint density at radius 2 is 1.91 bits per heavy atom. The highest BCUT2D eigenvalue weighted by atomic mass is 32.2. The number of aryl methyl sites for hydroxylation is 1. The minimum atomic E-state index is -0.560. The van der Waals surface area contributed by atoms with Gasteiger partial charge in [0.15, 0.2) is 0 Å². The maximum absolute atomic E-state index is 12.4. The van der Waals surface area contributed by atoms with Crippen molar-refractivity contribution in [2.75, 3.05) is 7.05 Å². The molecule has 0 radical (unpaired) electrons. The number of nitrogens with zero attached hydrogens (tertiary/aromatic N) is 1. The van der Waals surface area contributed by atoms with Crippen LogP contribution in [0.25, 0.3) is 15.0 Å². The van der Waals surface area contributed by atoms with E-state index in [1.54, 1.807) is 18.1 Å². The highest BCUT2D eigenvalue weighted by molar-refractivity contribution is 7.41. The SMILES string of the molecule is CNC(=O)c1cc(C)ccc1-[s+]1c2ccccc2c(=O)n1C. The van der Waals surface area contributed by atoms with Gasteiger partial charge in [-0.2, -0.15) is 0 Å². The molecule has 0 aliphatic heterocycles. The normalized spacial score (nSPS) is 11.7. The van der Waals surface area contributed by atoms with Crippen LogP contribution >= 0.6 is 10.7 Å². The number of rotatable bonds is 2. The molecule has 1 atom stereocenters. The minimum Gasteiger partial charge on any atom is -0.355 e. The molecule has 22 heavy (non-hydrogen) atoms.